The summed E-state index contributed by atoms with van der Waals surface area (Å²) in [6.07, 6.45) is 0.0795. The van der Waals surface area contributed by atoms with Gasteiger partial charge in [-0.3, -0.25) is 9.59 Å². The molecule has 1 aliphatic rings. The van der Waals surface area contributed by atoms with E-state index in [0.29, 0.717) is 34.4 Å². The molecule has 0 saturated carbocycles. The molecule has 3 aromatic rings. The number of nitrogens with one attached hydrogen (secondary N) is 2. The Labute approximate surface area is 181 Å². The average molecular weight is 441 g/mol. The molecule has 160 valence electrons. The molecule has 1 atom stereocenters. The smallest absolute Gasteiger partial charge is 0.257 e. The molecule has 0 aliphatic carbocycles. The molecule has 3 N–H and O–H groups in total. The van der Waals surface area contributed by atoms with Crippen molar-refractivity contribution in [1.82, 2.24) is 9.97 Å². The highest BCUT2D eigenvalue weighted by atomic mass is 32.2. The monoisotopic (exact) mass is 441 g/mol. The number of aromatic nitrogens is 2. The van der Waals surface area contributed by atoms with Gasteiger partial charge in [-0.2, -0.15) is 0 Å². The van der Waals surface area contributed by atoms with Crippen LogP contribution in [-0.2, 0) is 10.5 Å². The SMILES string of the molecule is CCOc1cc([C@@H]2CC(=O)Nc3nc(SCc4ccc(F)cc4)[nH]c(=O)c32)ccc1O. The number of phenolic OH excluding ortho intramolecular Hbond substituents is 1. The topological polar surface area (TPSA) is 104 Å². The third-order valence-electron chi connectivity index (χ3n) is 4.90. The third-order valence-corrected chi connectivity index (χ3v) is 5.85. The van der Waals surface area contributed by atoms with Crippen LogP contribution in [0.1, 0.15) is 36.0 Å². The zero-order valence-electron chi connectivity index (χ0n) is 16.6. The quantitative estimate of drug-likeness (QED) is 0.397. The molecular formula is C22H20FN3O4S. The number of fused-ring (bicyclic) bond motifs is 1. The molecule has 2 aromatic carbocycles. The number of hydrogen-bond acceptors (Lipinski definition) is 6. The van der Waals surface area contributed by atoms with Crippen LogP contribution in [0.25, 0.3) is 0 Å². The Bertz CT molecular complexity index is 1180. The predicted octanol–water partition coefficient (Wildman–Crippen LogP) is 3.78. The van der Waals surface area contributed by atoms with Gasteiger partial charge in [0.1, 0.15) is 11.6 Å². The zero-order valence-corrected chi connectivity index (χ0v) is 17.5. The first-order chi connectivity index (χ1) is 14.9. The number of halogens is 1. The van der Waals surface area contributed by atoms with Crippen LogP contribution < -0.4 is 15.6 Å². The first kappa shape index (κ1) is 20.9. The Morgan fingerprint density at radius 1 is 1.23 bits per heavy atom. The van der Waals surface area contributed by atoms with Gasteiger partial charge in [0.2, 0.25) is 5.91 Å². The van der Waals surface area contributed by atoms with Crippen LogP contribution in [0.15, 0.2) is 52.4 Å². The highest BCUT2D eigenvalue weighted by Gasteiger charge is 2.31. The molecule has 0 radical (unpaired) electrons. The Kier molecular flexibility index (Phi) is 5.94. The van der Waals surface area contributed by atoms with Crippen LogP contribution in [-0.4, -0.2) is 27.6 Å². The van der Waals surface area contributed by atoms with E-state index >= 15 is 0 Å². The molecule has 1 amide bonds. The second-order valence-electron chi connectivity index (χ2n) is 7.01. The molecule has 7 nitrogen and oxygen atoms in total. The fraction of sp³-hybridized carbons (Fsp3) is 0.227. The van der Waals surface area contributed by atoms with Gasteiger partial charge >= 0.3 is 0 Å². The number of H-pyrrole nitrogens is 1. The van der Waals surface area contributed by atoms with Crippen LogP contribution in [0.4, 0.5) is 10.2 Å². The van der Waals surface area contributed by atoms with Gasteiger partial charge in [-0.15, -0.1) is 0 Å². The Morgan fingerprint density at radius 2 is 2.00 bits per heavy atom. The summed E-state index contributed by atoms with van der Waals surface area (Å²) in [7, 11) is 0. The van der Waals surface area contributed by atoms with Crippen LogP contribution in [0.5, 0.6) is 11.5 Å². The summed E-state index contributed by atoms with van der Waals surface area (Å²) in [6, 6.07) is 10.9. The molecule has 0 spiro atoms. The van der Waals surface area contributed by atoms with Gasteiger partial charge in [0.15, 0.2) is 16.7 Å². The summed E-state index contributed by atoms with van der Waals surface area (Å²) in [4.78, 5) is 32.5. The maximum atomic E-state index is 13.1. The number of aromatic amines is 1. The van der Waals surface area contributed by atoms with Crippen molar-refractivity contribution in [3.8, 4) is 11.5 Å². The van der Waals surface area contributed by atoms with Gasteiger partial charge in [-0.25, -0.2) is 9.37 Å². The van der Waals surface area contributed by atoms with Gasteiger partial charge in [-0.05, 0) is 42.3 Å². The molecule has 9 heteroatoms. The molecule has 0 saturated heterocycles. The van der Waals surface area contributed by atoms with Crippen molar-refractivity contribution in [2.75, 3.05) is 11.9 Å². The van der Waals surface area contributed by atoms with Gasteiger partial charge in [0, 0.05) is 18.1 Å². The van der Waals surface area contributed by atoms with Crippen LogP contribution in [0.2, 0.25) is 0 Å². The third kappa shape index (κ3) is 4.56. The van der Waals surface area contributed by atoms with Crippen molar-refractivity contribution < 1.29 is 19.0 Å². The average Bonchev–Trinajstić information content (AvgIpc) is 2.74. The molecule has 4 rings (SSSR count). The normalized spacial score (nSPS) is 15.3. The number of ether oxygens (including phenoxy) is 1. The maximum Gasteiger partial charge on any atom is 0.257 e. The van der Waals surface area contributed by atoms with E-state index in [1.54, 1.807) is 31.2 Å². The lowest BCUT2D eigenvalue weighted by atomic mass is 9.86. The van der Waals surface area contributed by atoms with E-state index in [9.17, 15) is 19.1 Å². The molecule has 0 bridgehead atoms. The van der Waals surface area contributed by atoms with Gasteiger partial charge < -0.3 is 20.1 Å². The number of carbonyl (C=O) groups excluding carboxylic acids is 1. The molecule has 0 fully saturated rings. The number of anilines is 1. The highest BCUT2D eigenvalue weighted by molar-refractivity contribution is 7.98. The second kappa shape index (κ2) is 8.81. The minimum absolute atomic E-state index is 0.00865. The van der Waals surface area contributed by atoms with Crippen molar-refractivity contribution >= 4 is 23.5 Å². The van der Waals surface area contributed by atoms with Gasteiger partial charge in [-0.1, -0.05) is 30.0 Å². The first-order valence-electron chi connectivity index (χ1n) is 9.71. The lowest BCUT2D eigenvalue weighted by Gasteiger charge is -2.25. The van der Waals surface area contributed by atoms with Crippen LogP contribution in [0, 0.1) is 5.82 Å². The van der Waals surface area contributed by atoms with Crippen molar-refractivity contribution in [3.63, 3.8) is 0 Å². The van der Waals surface area contributed by atoms with E-state index in [4.69, 9.17) is 4.74 Å². The fourth-order valence-corrected chi connectivity index (χ4v) is 4.27. The Morgan fingerprint density at radius 3 is 2.74 bits per heavy atom. The molecule has 2 heterocycles. The van der Waals surface area contributed by atoms with Crippen molar-refractivity contribution in [2.45, 2.75) is 30.2 Å². The summed E-state index contributed by atoms with van der Waals surface area (Å²) in [6.45, 7) is 2.17. The highest BCUT2D eigenvalue weighted by Crippen LogP contribution is 2.38. The zero-order chi connectivity index (χ0) is 22.0. The van der Waals surface area contributed by atoms with E-state index < -0.39 is 5.92 Å². The van der Waals surface area contributed by atoms with Crippen LogP contribution in [0.3, 0.4) is 0 Å². The number of benzene rings is 2. The number of rotatable bonds is 6. The van der Waals surface area contributed by atoms with E-state index in [2.05, 4.69) is 15.3 Å². The predicted molar refractivity (Wildman–Crippen MR) is 115 cm³/mol. The summed E-state index contributed by atoms with van der Waals surface area (Å²) < 4.78 is 18.5. The molecular weight excluding hydrogens is 421 g/mol. The molecule has 1 aliphatic heterocycles. The maximum absolute atomic E-state index is 13.1. The molecule has 1 aromatic heterocycles. The molecule has 31 heavy (non-hydrogen) atoms. The Hall–Kier alpha value is -3.33. The van der Waals surface area contributed by atoms with Gasteiger partial charge in [0.25, 0.3) is 5.56 Å². The standard InChI is InChI=1S/C22H20FN3O4S/c1-2-30-17-9-13(5-8-16(17)27)15-10-18(28)24-20-19(15)21(29)26-22(25-20)31-11-12-3-6-14(23)7-4-12/h3-9,15,27H,2,10-11H2,1H3,(H2,24,25,26,28,29)/t15-/m0/s1. The first-order valence-corrected chi connectivity index (χ1v) is 10.7. The molecule has 0 unspecified atom stereocenters. The summed E-state index contributed by atoms with van der Waals surface area (Å²) in [5.74, 6) is -0.0991. The van der Waals surface area contributed by atoms with E-state index in [0.717, 1.165) is 5.56 Å². The van der Waals surface area contributed by atoms with E-state index in [1.807, 2.05) is 0 Å². The number of aromatic hydroxyl groups is 1. The van der Waals surface area contributed by atoms with Crippen molar-refractivity contribution in [3.05, 3.63) is 75.3 Å². The van der Waals surface area contributed by atoms with Crippen LogP contribution >= 0.6 is 11.8 Å². The summed E-state index contributed by atoms with van der Waals surface area (Å²) >= 11 is 1.28. The van der Waals surface area contributed by atoms with Crippen molar-refractivity contribution in [1.29, 1.82) is 0 Å². The van der Waals surface area contributed by atoms with Gasteiger partial charge in [0.05, 0.1) is 12.2 Å². The largest absolute Gasteiger partial charge is 0.504 e. The van der Waals surface area contributed by atoms with E-state index in [-0.39, 0.29) is 35.3 Å². The number of nitrogens with zero attached hydrogens (tertiary/aromatic N) is 1. The number of phenols is 1. The fourth-order valence-electron chi connectivity index (χ4n) is 3.45. The minimum atomic E-state index is -0.518. The lowest BCUT2D eigenvalue weighted by Crippen LogP contribution is -2.31. The number of thioether (sulfide) groups is 1. The second-order valence-corrected chi connectivity index (χ2v) is 7.98. The minimum Gasteiger partial charge on any atom is -0.504 e. The number of carbonyl (C=O) groups is 1. The lowest BCUT2D eigenvalue weighted by molar-refractivity contribution is -0.116. The number of hydrogen-bond donors (Lipinski definition) is 3. The van der Waals surface area contributed by atoms with E-state index in [1.165, 1.54) is 30.0 Å². The summed E-state index contributed by atoms with van der Waals surface area (Å²) in [5, 5.41) is 13.0. The van der Waals surface area contributed by atoms with Crippen molar-refractivity contribution in [2.24, 2.45) is 0 Å². The Balaban J connectivity index is 1.65. The number of amides is 1. The summed E-state index contributed by atoms with van der Waals surface area (Å²) in [5.41, 5.74) is 1.57.